The Hall–Kier alpha value is -2.77. The molecule has 0 saturated heterocycles. The number of carbonyl (C=O) groups is 1. The van der Waals surface area contributed by atoms with E-state index in [2.05, 4.69) is 10.3 Å². The summed E-state index contributed by atoms with van der Waals surface area (Å²) in [5.41, 5.74) is 0.456. The van der Waals surface area contributed by atoms with Gasteiger partial charge in [-0.1, -0.05) is 17.3 Å². The fourth-order valence-corrected chi connectivity index (χ4v) is 1.43. The van der Waals surface area contributed by atoms with E-state index in [9.17, 15) is 14.9 Å². The standard InChI is InChI=1S/C10H8N4O4/c15-10(16)9-6-13(12-11-9)5-7-2-1-3-8(4-7)14(17)18/h1-4,6H,5H2,(H,15,16). The second kappa shape index (κ2) is 4.62. The number of nitro groups is 1. The van der Waals surface area contributed by atoms with Crippen LogP contribution >= 0.6 is 0 Å². The van der Waals surface area contributed by atoms with Crippen molar-refractivity contribution in [3.05, 3.63) is 51.8 Å². The fraction of sp³-hybridized carbons (Fsp3) is 0.100. The average molecular weight is 248 g/mol. The first kappa shape index (κ1) is 11.7. The molecule has 18 heavy (non-hydrogen) atoms. The van der Waals surface area contributed by atoms with Crippen LogP contribution in [0.1, 0.15) is 16.1 Å². The number of aromatic carboxylic acids is 1. The van der Waals surface area contributed by atoms with E-state index in [0.717, 1.165) is 0 Å². The topological polar surface area (TPSA) is 111 Å². The number of hydrogen-bond acceptors (Lipinski definition) is 5. The normalized spacial score (nSPS) is 10.2. The Morgan fingerprint density at radius 3 is 2.89 bits per heavy atom. The number of carboxylic acids is 1. The number of carboxylic acid groups (broad SMARTS) is 1. The molecule has 0 aliphatic heterocycles. The van der Waals surface area contributed by atoms with Gasteiger partial charge in [0.05, 0.1) is 17.7 Å². The molecule has 1 aromatic heterocycles. The third-order valence-electron chi connectivity index (χ3n) is 2.22. The summed E-state index contributed by atoms with van der Waals surface area (Å²) in [6.45, 7) is 0.224. The van der Waals surface area contributed by atoms with Gasteiger partial charge in [-0.3, -0.25) is 10.1 Å². The maximum absolute atomic E-state index is 10.6. The highest BCUT2D eigenvalue weighted by Gasteiger charge is 2.10. The lowest BCUT2D eigenvalue weighted by Crippen LogP contribution is -2.01. The summed E-state index contributed by atoms with van der Waals surface area (Å²) in [5, 5.41) is 26.3. The third-order valence-corrected chi connectivity index (χ3v) is 2.22. The molecule has 8 nitrogen and oxygen atoms in total. The van der Waals surface area contributed by atoms with Gasteiger partial charge in [0.1, 0.15) is 0 Å². The predicted molar refractivity (Wildman–Crippen MR) is 59.2 cm³/mol. The highest BCUT2D eigenvalue weighted by molar-refractivity contribution is 5.84. The smallest absolute Gasteiger partial charge is 0.358 e. The van der Waals surface area contributed by atoms with Crippen molar-refractivity contribution in [3.8, 4) is 0 Å². The predicted octanol–water partition coefficient (Wildman–Crippen LogP) is 0.933. The number of non-ortho nitro benzene ring substituents is 1. The van der Waals surface area contributed by atoms with E-state index in [4.69, 9.17) is 5.11 Å². The lowest BCUT2D eigenvalue weighted by atomic mass is 10.2. The number of rotatable bonds is 4. The Kier molecular flexibility index (Phi) is 3.00. The number of benzene rings is 1. The Bertz CT molecular complexity index is 607. The van der Waals surface area contributed by atoms with Crippen LogP contribution in [0.25, 0.3) is 0 Å². The van der Waals surface area contributed by atoms with Crippen LogP contribution in [-0.4, -0.2) is 31.0 Å². The zero-order valence-corrected chi connectivity index (χ0v) is 9.05. The van der Waals surface area contributed by atoms with Crippen molar-refractivity contribution in [2.45, 2.75) is 6.54 Å². The monoisotopic (exact) mass is 248 g/mol. The summed E-state index contributed by atoms with van der Waals surface area (Å²) in [6.07, 6.45) is 1.27. The lowest BCUT2D eigenvalue weighted by molar-refractivity contribution is -0.384. The van der Waals surface area contributed by atoms with E-state index in [-0.39, 0.29) is 17.9 Å². The first-order valence-electron chi connectivity index (χ1n) is 4.93. The van der Waals surface area contributed by atoms with Gasteiger partial charge in [0.15, 0.2) is 5.69 Å². The van der Waals surface area contributed by atoms with Gasteiger partial charge in [0, 0.05) is 12.1 Å². The Labute approximate surface area is 101 Å². The second-order valence-electron chi connectivity index (χ2n) is 3.53. The van der Waals surface area contributed by atoms with E-state index in [1.54, 1.807) is 12.1 Å². The molecule has 0 aliphatic carbocycles. The Morgan fingerprint density at radius 1 is 1.50 bits per heavy atom. The van der Waals surface area contributed by atoms with Gasteiger partial charge in [-0.25, -0.2) is 9.48 Å². The first-order chi connectivity index (χ1) is 8.56. The van der Waals surface area contributed by atoms with E-state index in [0.29, 0.717) is 5.56 Å². The molecule has 1 aromatic carbocycles. The zero-order chi connectivity index (χ0) is 13.1. The van der Waals surface area contributed by atoms with Crippen LogP contribution in [0.2, 0.25) is 0 Å². The molecule has 0 saturated carbocycles. The maximum atomic E-state index is 10.6. The molecule has 0 spiro atoms. The Morgan fingerprint density at radius 2 is 2.28 bits per heavy atom. The van der Waals surface area contributed by atoms with E-state index < -0.39 is 10.9 Å². The van der Waals surface area contributed by atoms with Crippen LogP contribution in [0, 0.1) is 10.1 Å². The van der Waals surface area contributed by atoms with E-state index >= 15 is 0 Å². The molecule has 0 radical (unpaired) electrons. The number of nitrogens with zero attached hydrogens (tertiary/aromatic N) is 4. The van der Waals surface area contributed by atoms with Gasteiger partial charge in [-0.05, 0) is 5.56 Å². The third kappa shape index (κ3) is 2.48. The van der Waals surface area contributed by atoms with Crippen molar-refractivity contribution in [3.63, 3.8) is 0 Å². The van der Waals surface area contributed by atoms with Crippen LogP contribution in [-0.2, 0) is 6.54 Å². The molecular formula is C10H8N4O4. The molecule has 0 fully saturated rings. The molecule has 1 heterocycles. The van der Waals surface area contributed by atoms with Crippen LogP contribution < -0.4 is 0 Å². The minimum Gasteiger partial charge on any atom is -0.476 e. The number of hydrogen-bond donors (Lipinski definition) is 1. The zero-order valence-electron chi connectivity index (χ0n) is 9.05. The van der Waals surface area contributed by atoms with Crippen LogP contribution in [0.15, 0.2) is 30.5 Å². The van der Waals surface area contributed by atoms with Crippen molar-refractivity contribution < 1.29 is 14.8 Å². The van der Waals surface area contributed by atoms with E-state index in [1.807, 2.05) is 0 Å². The van der Waals surface area contributed by atoms with Crippen molar-refractivity contribution in [1.82, 2.24) is 15.0 Å². The highest BCUT2D eigenvalue weighted by Crippen LogP contribution is 2.13. The summed E-state index contributed by atoms with van der Waals surface area (Å²) in [4.78, 5) is 20.7. The van der Waals surface area contributed by atoms with Crippen molar-refractivity contribution in [2.75, 3.05) is 0 Å². The minimum absolute atomic E-state index is 0.0222. The van der Waals surface area contributed by atoms with Crippen molar-refractivity contribution in [2.24, 2.45) is 0 Å². The van der Waals surface area contributed by atoms with Crippen LogP contribution in [0.3, 0.4) is 0 Å². The molecule has 92 valence electrons. The van der Waals surface area contributed by atoms with Crippen molar-refractivity contribution >= 4 is 11.7 Å². The summed E-state index contributed by atoms with van der Waals surface area (Å²) in [5.74, 6) is -1.17. The highest BCUT2D eigenvalue weighted by atomic mass is 16.6. The van der Waals surface area contributed by atoms with Gasteiger partial charge >= 0.3 is 5.97 Å². The molecule has 0 aliphatic rings. The van der Waals surface area contributed by atoms with Crippen LogP contribution in [0.5, 0.6) is 0 Å². The number of nitro benzene ring substituents is 1. The molecular weight excluding hydrogens is 240 g/mol. The second-order valence-corrected chi connectivity index (χ2v) is 3.53. The van der Waals surface area contributed by atoms with Gasteiger partial charge in [-0.2, -0.15) is 0 Å². The molecule has 2 aromatic rings. The lowest BCUT2D eigenvalue weighted by Gasteiger charge is -2.00. The summed E-state index contributed by atoms with van der Waals surface area (Å²) in [6, 6.07) is 6.03. The maximum Gasteiger partial charge on any atom is 0.358 e. The molecule has 8 heteroatoms. The number of aromatic nitrogens is 3. The minimum atomic E-state index is -1.17. The van der Waals surface area contributed by atoms with Gasteiger partial charge < -0.3 is 5.11 Å². The molecule has 0 amide bonds. The summed E-state index contributed by atoms with van der Waals surface area (Å²) in [7, 11) is 0. The molecule has 2 rings (SSSR count). The molecule has 0 atom stereocenters. The molecule has 1 N–H and O–H groups in total. The quantitative estimate of drug-likeness (QED) is 0.636. The largest absolute Gasteiger partial charge is 0.476 e. The first-order valence-corrected chi connectivity index (χ1v) is 4.93. The fourth-order valence-electron chi connectivity index (χ4n) is 1.43. The van der Waals surface area contributed by atoms with Crippen LogP contribution in [0.4, 0.5) is 5.69 Å². The average Bonchev–Trinajstić information content (AvgIpc) is 2.78. The van der Waals surface area contributed by atoms with E-state index in [1.165, 1.54) is 23.0 Å². The SMILES string of the molecule is O=C(O)c1cn(Cc2cccc([N+](=O)[O-])c2)nn1. The summed E-state index contributed by atoms with van der Waals surface area (Å²) >= 11 is 0. The summed E-state index contributed by atoms with van der Waals surface area (Å²) < 4.78 is 1.31. The molecule has 0 unspecified atom stereocenters. The van der Waals surface area contributed by atoms with Crippen molar-refractivity contribution in [1.29, 1.82) is 0 Å². The van der Waals surface area contributed by atoms with Gasteiger partial charge in [-0.15, -0.1) is 5.10 Å². The molecule has 0 bridgehead atoms. The Balaban J connectivity index is 2.20. The van der Waals surface area contributed by atoms with Gasteiger partial charge in [0.25, 0.3) is 5.69 Å². The van der Waals surface area contributed by atoms with Gasteiger partial charge in [0.2, 0.25) is 0 Å².